The van der Waals surface area contributed by atoms with Crippen LogP contribution < -0.4 is 4.72 Å². The molecule has 1 aliphatic rings. The van der Waals surface area contributed by atoms with Crippen molar-refractivity contribution in [2.75, 3.05) is 6.54 Å². The first kappa shape index (κ1) is 16.0. The van der Waals surface area contributed by atoms with E-state index in [0.717, 1.165) is 25.7 Å². The maximum absolute atomic E-state index is 12.5. The van der Waals surface area contributed by atoms with Crippen LogP contribution >= 0.6 is 22.9 Å². The Morgan fingerprint density at radius 2 is 1.95 bits per heavy atom. The molecule has 1 saturated carbocycles. The van der Waals surface area contributed by atoms with Crippen LogP contribution in [0.2, 0.25) is 5.02 Å². The first-order chi connectivity index (χ1) is 10.5. The topological polar surface area (TPSA) is 46.2 Å². The van der Waals surface area contributed by atoms with E-state index in [1.54, 1.807) is 29.5 Å². The van der Waals surface area contributed by atoms with Gasteiger partial charge >= 0.3 is 0 Å². The van der Waals surface area contributed by atoms with Gasteiger partial charge in [0, 0.05) is 21.9 Å². The minimum absolute atomic E-state index is 0.0557. The van der Waals surface area contributed by atoms with Crippen LogP contribution in [-0.4, -0.2) is 15.0 Å². The number of halogens is 1. The Hall–Kier alpha value is -0.880. The molecule has 1 fully saturated rings. The zero-order chi connectivity index (χ0) is 15.6. The highest BCUT2D eigenvalue weighted by molar-refractivity contribution is 7.89. The number of thiophene rings is 1. The van der Waals surface area contributed by atoms with Gasteiger partial charge in [-0.2, -0.15) is 0 Å². The zero-order valence-corrected chi connectivity index (χ0v) is 14.5. The van der Waals surface area contributed by atoms with Crippen LogP contribution in [-0.2, 0) is 15.4 Å². The van der Waals surface area contributed by atoms with Crippen LogP contribution in [0.3, 0.4) is 0 Å². The molecule has 0 bridgehead atoms. The first-order valence-electron chi connectivity index (χ1n) is 7.31. The summed E-state index contributed by atoms with van der Waals surface area (Å²) in [4.78, 5) is 1.50. The van der Waals surface area contributed by atoms with E-state index < -0.39 is 10.0 Å². The van der Waals surface area contributed by atoms with E-state index in [1.807, 2.05) is 6.07 Å². The number of hydrogen-bond acceptors (Lipinski definition) is 3. The summed E-state index contributed by atoms with van der Waals surface area (Å²) in [6, 6.07) is 10.5. The van der Waals surface area contributed by atoms with Gasteiger partial charge in [-0.25, -0.2) is 13.1 Å². The third kappa shape index (κ3) is 3.23. The molecule has 2 aromatic rings. The second-order valence-electron chi connectivity index (χ2n) is 5.75. The zero-order valence-electron chi connectivity index (χ0n) is 12.1. The minimum Gasteiger partial charge on any atom is -0.210 e. The van der Waals surface area contributed by atoms with E-state index in [1.165, 1.54) is 10.9 Å². The second-order valence-corrected chi connectivity index (χ2v) is 8.90. The van der Waals surface area contributed by atoms with Crippen LogP contribution in [0.25, 0.3) is 0 Å². The lowest BCUT2D eigenvalue weighted by molar-refractivity contribution is 0.440. The monoisotopic (exact) mass is 355 g/mol. The molecule has 3 rings (SSSR count). The van der Waals surface area contributed by atoms with E-state index in [2.05, 4.69) is 16.2 Å². The van der Waals surface area contributed by atoms with Crippen LogP contribution in [0.5, 0.6) is 0 Å². The van der Waals surface area contributed by atoms with E-state index in [-0.39, 0.29) is 10.3 Å². The van der Waals surface area contributed by atoms with Gasteiger partial charge in [0.2, 0.25) is 10.0 Å². The van der Waals surface area contributed by atoms with Gasteiger partial charge < -0.3 is 0 Å². The largest absolute Gasteiger partial charge is 0.240 e. The molecule has 1 heterocycles. The number of benzene rings is 1. The predicted octanol–water partition coefficient (Wildman–Crippen LogP) is 4.19. The highest BCUT2D eigenvalue weighted by atomic mass is 35.5. The molecule has 0 spiro atoms. The van der Waals surface area contributed by atoms with Crippen LogP contribution in [0.15, 0.2) is 46.7 Å². The molecule has 118 valence electrons. The van der Waals surface area contributed by atoms with Gasteiger partial charge in [-0.1, -0.05) is 36.6 Å². The molecule has 0 atom stereocenters. The molecule has 3 nitrogen and oxygen atoms in total. The molecule has 0 amide bonds. The third-order valence-electron chi connectivity index (χ3n) is 4.31. The smallest absolute Gasteiger partial charge is 0.210 e. The van der Waals surface area contributed by atoms with Gasteiger partial charge in [0.25, 0.3) is 0 Å². The maximum atomic E-state index is 12.5. The van der Waals surface area contributed by atoms with Crippen molar-refractivity contribution in [3.63, 3.8) is 0 Å². The Balaban J connectivity index is 1.81. The van der Waals surface area contributed by atoms with E-state index >= 15 is 0 Å². The molecule has 1 N–H and O–H groups in total. The lowest BCUT2D eigenvalue weighted by Crippen LogP contribution is -2.38. The lowest BCUT2D eigenvalue weighted by Gasteiger charge is -2.28. The number of hydrogen-bond donors (Lipinski definition) is 1. The minimum atomic E-state index is -3.53. The van der Waals surface area contributed by atoms with Crippen molar-refractivity contribution < 1.29 is 8.42 Å². The highest BCUT2D eigenvalue weighted by Crippen LogP contribution is 2.42. The molecular formula is C16H18ClNO2S2. The Morgan fingerprint density at radius 1 is 1.18 bits per heavy atom. The molecule has 6 heteroatoms. The summed E-state index contributed by atoms with van der Waals surface area (Å²) < 4.78 is 27.8. The van der Waals surface area contributed by atoms with Crippen LogP contribution in [0, 0.1) is 0 Å². The van der Waals surface area contributed by atoms with Crippen LogP contribution in [0.4, 0.5) is 0 Å². The summed E-state index contributed by atoms with van der Waals surface area (Å²) >= 11 is 7.61. The average molecular weight is 356 g/mol. The first-order valence-corrected chi connectivity index (χ1v) is 10.1. The molecule has 1 aromatic carbocycles. The second kappa shape index (κ2) is 6.32. The van der Waals surface area contributed by atoms with Crippen molar-refractivity contribution in [2.45, 2.75) is 36.0 Å². The fourth-order valence-electron chi connectivity index (χ4n) is 3.09. The molecular weight excluding hydrogens is 338 g/mol. The Bertz CT molecular complexity index is 735. The van der Waals surface area contributed by atoms with E-state index in [9.17, 15) is 8.42 Å². The van der Waals surface area contributed by atoms with Crippen LogP contribution in [0.1, 0.15) is 30.6 Å². The van der Waals surface area contributed by atoms with Crippen molar-refractivity contribution in [1.82, 2.24) is 4.72 Å². The van der Waals surface area contributed by atoms with Crippen molar-refractivity contribution >= 4 is 33.0 Å². The van der Waals surface area contributed by atoms with Gasteiger partial charge in [-0.15, -0.1) is 11.3 Å². The molecule has 0 saturated heterocycles. The summed E-state index contributed by atoms with van der Waals surface area (Å²) in [5.74, 6) is 0. The number of rotatable bonds is 5. The Kier molecular flexibility index (Phi) is 4.59. The van der Waals surface area contributed by atoms with Gasteiger partial charge in [0.05, 0.1) is 4.90 Å². The normalized spacial score (nSPS) is 17.7. The summed E-state index contributed by atoms with van der Waals surface area (Å²) in [5.41, 5.74) is -0.0557. The summed E-state index contributed by atoms with van der Waals surface area (Å²) in [6.07, 6.45) is 4.37. The van der Waals surface area contributed by atoms with Gasteiger partial charge in [0.15, 0.2) is 0 Å². The maximum Gasteiger partial charge on any atom is 0.240 e. The summed E-state index contributed by atoms with van der Waals surface area (Å²) in [6.45, 7) is 0.447. The van der Waals surface area contributed by atoms with Crippen molar-refractivity contribution in [1.29, 1.82) is 0 Å². The van der Waals surface area contributed by atoms with Gasteiger partial charge in [-0.05, 0) is 42.5 Å². The highest BCUT2D eigenvalue weighted by Gasteiger charge is 2.37. The molecule has 0 radical (unpaired) electrons. The third-order valence-corrected chi connectivity index (χ3v) is 7.06. The molecule has 0 aliphatic heterocycles. The molecule has 1 aromatic heterocycles. The van der Waals surface area contributed by atoms with Crippen molar-refractivity contribution in [3.8, 4) is 0 Å². The van der Waals surface area contributed by atoms with E-state index in [4.69, 9.17) is 11.6 Å². The average Bonchev–Trinajstić information content (AvgIpc) is 3.17. The fourth-order valence-corrected chi connectivity index (χ4v) is 5.51. The predicted molar refractivity (Wildman–Crippen MR) is 91.1 cm³/mol. The summed E-state index contributed by atoms with van der Waals surface area (Å²) in [7, 11) is -3.53. The Morgan fingerprint density at radius 3 is 2.59 bits per heavy atom. The SMILES string of the molecule is O=S(=O)(NCC1(c2cccs2)CCCC1)c1cccc(Cl)c1. The fraction of sp³-hybridized carbons (Fsp3) is 0.375. The Labute approximate surface area is 140 Å². The van der Waals surface area contributed by atoms with E-state index in [0.29, 0.717) is 11.6 Å². The standard InChI is InChI=1S/C16H18ClNO2S2/c17-13-5-3-6-14(11-13)22(19,20)18-12-16(8-1-2-9-16)15-7-4-10-21-15/h3-7,10-11,18H,1-2,8-9,12H2. The lowest BCUT2D eigenvalue weighted by atomic mass is 9.85. The van der Waals surface area contributed by atoms with Crippen molar-refractivity contribution in [2.24, 2.45) is 0 Å². The van der Waals surface area contributed by atoms with Gasteiger partial charge in [-0.3, -0.25) is 0 Å². The molecule has 22 heavy (non-hydrogen) atoms. The van der Waals surface area contributed by atoms with Crippen molar-refractivity contribution in [3.05, 3.63) is 51.7 Å². The number of nitrogens with one attached hydrogen (secondary N) is 1. The summed E-state index contributed by atoms with van der Waals surface area (Å²) in [5, 5.41) is 2.48. The number of sulfonamides is 1. The molecule has 0 unspecified atom stereocenters. The molecule has 1 aliphatic carbocycles. The quantitative estimate of drug-likeness (QED) is 0.874. The van der Waals surface area contributed by atoms with Gasteiger partial charge in [0.1, 0.15) is 0 Å².